The van der Waals surface area contributed by atoms with Crippen molar-refractivity contribution in [1.29, 1.82) is 0 Å². The van der Waals surface area contributed by atoms with Gasteiger partial charge in [0.2, 0.25) is 5.91 Å². The zero-order chi connectivity index (χ0) is 15.0. The lowest BCUT2D eigenvalue weighted by Gasteiger charge is -2.08. The summed E-state index contributed by atoms with van der Waals surface area (Å²) < 4.78 is 4.59. The predicted octanol–water partition coefficient (Wildman–Crippen LogP) is 0.872. The van der Waals surface area contributed by atoms with Crippen LogP contribution in [0.25, 0.3) is 0 Å². The number of hydrogen-bond donors (Lipinski definition) is 2. The van der Waals surface area contributed by atoms with E-state index in [1.807, 2.05) is 13.8 Å². The van der Waals surface area contributed by atoms with Gasteiger partial charge in [0, 0.05) is 31.7 Å². The van der Waals surface area contributed by atoms with Gasteiger partial charge in [-0.15, -0.1) is 0 Å². The van der Waals surface area contributed by atoms with Gasteiger partial charge in [-0.3, -0.25) is 9.78 Å². The van der Waals surface area contributed by atoms with Gasteiger partial charge < -0.3 is 15.4 Å². The minimum atomic E-state index is -0.401. The molecule has 6 heteroatoms. The summed E-state index contributed by atoms with van der Waals surface area (Å²) in [5.74, 6) is -0.371. The molecule has 1 heterocycles. The summed E-state index contributed by atoms with van der Waals surface area (Å²) in [4.78, 5) is 26.8. The highest BCUT2D eigenvalue weighted by atomic mass is 16.5. The van der Waals surface area contributed by atoms with Crippen LogP contribution in [0.2, 0.25) is 0 Å². The van der Waals surface area contributed by atoms with Crippen LogP contribution in [0.4, 0.5) is 0 Å². The van der Waals surface area contributed by atoms with Gasteiger partial charge in [0.1, 0.15) is 0 Å². The molecule has 2 N–H and O–H groups in total. The second-order valence-corrected chi connectivity index (χ2v) is 4.68. The molecule has 1 amide bonds. The highest BCUT2D eigenvalue weighted by Crippen LogP contribution is 2.01. The molecule has 1 aromatic rings. The average Bonchev–Trinajstić information content (AvgIpc) is 2.42. The van der Waals surface area contributed by atoms with E-state index in [0.29, 0.717) is 25.1 Å². The van der Waals surface area contributed by atoms with E-state index in [4.69, 9.17) is 0 Å². The highest BCUT2D eigenvalue weighted by Gasteiger charge is 2.06. The maximum atomic E-state index is 11.4. The van der Waals surface area contributed by atoms with E-state index in [2.05, 4.69) is 20.4 Å². The van der Waals surface area contributed by atoms with Crippen molar-refractivity contribution in [2.45, 2.75) is 32.9 Å². The molecule has 0 aliphatic carbocycles. The van der Waals surface area contributed by atoms with E-state index in [-0.39, 0.29) is 11.9 Å². The largest absolute Gasteiger partial charge is 0.465 e. The first kappa shape index (κ1) is 16.1. The molecule has 0 aliphatic heterocycles. The fourth-order valence-corrected chi connectivity index (χ4v) is 1.58. The molecule has 0 unspecified atom stereocenters. The van der Waals surface area contributed by atoms with E-state index in [0.717, 1.165) is 5.69 Å². The van der Waals surface area contributed by atoms with Crippen LogP contribution in [0.3, 0.4) is 0 Å². The Morgan fingerprint density at radius 3 is 2.65 bits per heavy atom. The Hall–Kier alpha value is -1.95. The van der Waals surface area contributed by atoms with Gasteiger partial charge in [-0.05, 0) is 26.0 Å². The predicted molar refractivity (Wildman–Crippen MR) is 75.2 cm³/mol. The molecule has 110 valence electrons. The van der Waals surface area contributed by atoms with E-state index in [1.165, 1.54) is 13.3 Å². The normalized spacial score (nSPS) is 10.4. The molecule has 0 fully saturated rings. The molecular formula is C14H21N3O3. The number of carbonyl (C=O) groups is 2. The van der Waals surface area contributed by atoms with Crippen LogP contribution < -0.4 is 10.6 Å². The van der Waals surface area contributed by atoms with Gasteiger partial charge in [-0.25, -0.2) is 4.79 Å². The van der Waals surface area contributed by atoms with Gasteiger partial charge in [0.25, 0.3) is 0 Å². The topological polar surface area (TPSA) is 80.3 Å². The standard InChI is InChI=1S/C14H21N3O3/c1-10(2)17-13(18)6-7-15-9-12-5-4-11(8-16-12)14(19)20-3/h4-5,8,10,15H,6-7,9H2,1-3H3,(H,17,18). The van der Waals surface area contributed by atoms with E-state index in [9.17, 15) is 9.59 Å². The smallest absolute Gasteiger partial charge is 0.339 e. The number of amides is 1. The minimum Gasteiger partial charge on any atom is -0.465 e. The summed E-state index contributed by atoms with van der Waals surface area (Å²) >= 11 is 0. The quantitative estimate of drug-likeness (QED) is 0.572. The van der Waals surface area contributed by atoms with Crippen molar-refractivity contribution < 1.29 is 14.3 Å². The fraction of sp³-hybridized carbons (Fsp3) is 0.500. The number of carbonyl (C=O) groups excluding carboxylic acids is 2. The highest BCUT2D eigenvalue weighted by molar-refractivity contribution is 5.88. The third kappa shape index (κ3) is 5.79. The minimum absolute atomic E-state index is 0.0292. The lowest BCUT2D eigenvalue weighted by molar-refractivity contribution is -0.121. The average molecular weight is 279 g/mol. The van der Waals surface area contributed by atoms with Crippen LogP contribution in [0, 0.1) is 0 Å². The van der Waals surface area contributed by atoms with Crippen molar-refractivity contribution in [3.05, 3.63) is 29.6 Å². The third-order valence-corrected chi connectivity index (χ3v) is 2.53. The van der Waals surface area contributed by atoms with Gasteiger partial charge in [-0.2, -0.15) is 0 Å². The van der Waals surface area contributed by atoms with Crippen molar-refractivity contribution in [3.8, 4) is 0 Å². The monoisotopic (exact) mass is 279 g/mol. The summed E-state index contributed by atoms with van der Waals surface area (Å²) in [7, 11) is 1.33. The number of methoxy groups -OCH3 is 1. The molecule has 0 spiro atoms. The Balaban J connectivity index is 2.29. The van der Waals surface area contributed by atoms with Crippen molar-refractivity contribution in [2.75, 3.05) is 13.7 Å². The Morgan fingerprint density at radius 2 is 2.10 bits per heavy atom. The summed E-state index contributed by atoms with van der Waals surface area (Å²) in [5, 5.41) is 5.95. The summed E-state index contributed by atoms with van der Waals surface area (Å²) in [6, 6.07) is 3.59. The number of ether oxygens (including phenoxy) is 1. The molecule has 1 aromatic heterocycles. The maximum Gasteiger partial charge on any atom is 0.339 e. The second kappa shape index (κ2) is 8.27. The van der Waals surface area contributed by atoms with Crippen molar-refractivity contribution in [3.63, 3.8) is 0 Å². The number of pyridine rings is 1. The first-order valence-corrected chi connectivity index (χ1v) is 6.56. The van der Waals surface area contributed by atoms with Crippen molar-refractivity contribution in [2.24, 2.45) is 0 Å². The molecule has 6 nitrogen and oxygen atoms in total. The van der Waals surface area contributed by atoms with Crippen molar-refractivity contribution >= 4 is 11.9 Å². The maximum absolute atomic E-state index is 11.4. The van der Waals surface area contributed by atoms with Crippen LogP contribution in [0.15, 0.2) is 18.3 Å². The van der Waals surface area contributed by atoms with Gasteiger partial charge in [0.15, 0.2) is 0 Å². The zero-order valence-electron chi connectivity index (χ0n) is 12.1. The SMILES string of the molecule is COC(=O)c1ccc(CNCCC(=O)NC(C)C)nc1. The van der Waals surface area contributed by atoms with Crippen LogP contribution in [-0.2, 0) is 16.1 Å². The number of esters is 1. The summed E-state index contributed by atoms with van der Waals surface area (Å²) in [6.45, 7) is 4.99. The van der Waals surface area contributed by atoms with Crippen LogP contribution in [-0.4, -0.2) is 36.6 Å². The second-order valence-electron chi connectivity index (χ2n) is 4.68. The summed E-state index contributed by atoms with van der Waals surface area (Å²) in [6.07, 6.45) is 1.91. The van der Waals surface area contributed by atoms with E-state index in [1.54, 1.807) is 12.1 Å². The number of rotatable bonds is 7. The van der Waals surface area contributed by atoms with E-state index < -0.39 is 5.97 Å². The molecule has 0 saturated carbocycles. The molecule has 0 aromatic carbocycles. The Labute approximate surface area is 118 Å². The molecule has 20 heavy (non-hydrogen) atoms. The van der Waals surface area contributed by atoms with Crippen LogP contribution in [0.1, 0.15) is 36.3 Å². The number of aromatic nitrogens is 1. The lowest BCUT2D eigenvalue weighted by Crippen LogP contribution is -2.32. The van der Waals surface area contributed by atoms with E-state index >= 15 is 0 Å². The van der Waals surface area contributed by atoms with Gasteiger partial charge in [-0.1, -0.05) is 0 Å². The first-order valence-electron chi connectivity index (χ1n) is 6.56. The van der Waals surface area contributed by atoms with Crippen LogP contribution in [0.5, 0.6) is 0 Å². The molecule has 0 saturated heterocycles. The van der Waals surface area contributed by atoms with Gasteiger partial charge in [0.05, 0.1) is 18.4 Å². The molecule has 0 radical (unpaired) electrons. The Morgan fingerprint density at radius 1 is 1.35 bits per heavy atom. The summed E-state index contributed by atoms with van der Waals surface area (Å²) in [5.41, 5.74) is 1.23. The molecule has 1 rings (SSSR count). The van der Waals surface area contributed by atoms with Crippen molar-refractivity contribution in [1.82, 2.24) is 15.6 Å². The lowest BCUT2D eigenvalue weighted by atomic mass is 10.2. The molecule has 0 aliphatic rings. The van der Waals surface area contributed by atoms with Crippen LogP contribution >= 0.6 is 0 Å². The Kier molecular flexibility index (Phi) is 6.66. The first-order chi connectivity index (χ1) is 9.52. The number of nitrogens with zero attached hydrogens (tertiary/aromatic N) is 1. The fourth-order valence-electron chi connectivity index (χ4n) is 1.58. The Bertz CT molecular complexity index is 443. The molecule has 0 atom stereocenters. The third-order valence-electron chi connectivity index (χ3n) is 2.53. The molecular weight excluding hydrogens is 258 g/mol. The van der Waals surface area contributed by atoms with Gasteiger partial charge >= 0.3 is 5.97 Å². The zero-order valence-corrected chi connectivity index (χ0v) is 12.1. The molecule has 0 bridgehead atoms. The number of hydrogen-bond acceptors (Lipinski definition) is 5. The number of nitrogens with one attached hydrogen (secondary N) is 2.